The molecule has 76 valence electrons. The third kappa shape index (κ3) is 2.23. The lowest BCUT2D eigenvalue weighted by Crippen LogP contribution is -2.19. The summed E-state index contributed by atoms with van der Waals surface area (Å²) < 4.78 is 0. The summed E-state index contributed by atoms with van der Waals surface area (Å²) in [5.74, 6) is 1.22. The summed E-state index contributed by atoms with van der Waals surface area (Å²) in [5, 5.41) is 3.45. The first-order chi connectivity index (χ1) is 6.86. The fourth-order valence-corrected chi connectivity index (χ4v) is 1.96. The highest BCUT2D eigenvalue weighted by Gasteiger charge is 2.13. The summed E-state index contributed by atoms with van der Waals surface area (Å²) in [4.78, 5) is 4.13. The normalized spacial score (nSPS) is 23.0. The minimum absolute atomic E-state index is 0.607. The molecule has 1 aliphatic rings. The van der Waals surface area contributed by atoms with E-state index in [0.717, 1.165) is 13.1 Å². The largest absolute Gasteiger partial charge is 0.384 e. The Morgan fingerprint density at radius 2 is 2.29 bits per heavy atom. The first-order valence-corrected chi connectivity index (χ1v) is 5.28. The van der Waals surface area contributed by atoms with Crippen LogP contribution in [0.5, 0.6) is 0 Å². The van der Waals surface area contributed by atoms with Crippen molar-refractivity contribution in [3.05, 3.63) is 23.9 Å². The molecule has 0 spiro atoms. The van der Waals surface area contributed by atoms with Gasteiger partial charge in [0.25, 0.3) is 0 Å². The monoisotopic (exact) mass is 191 g/mol. The number of rotatable bonds is 1. The highest BCUT2D eigenvalue weighted by molar-refractivity contribution is 5.30. The fourth-order valence-electron chi connectivity index (χ4n) is 1.96. The van der Waals surface area contributed by atoms with Crippen LogP contribution in [-0.4, -0.2) is 18.1 Å². The molecule has 14 heavy (non-hydrogen) atoms. The molecule has 1 unspecified atom stereocenters. The van der Waals surface area contributed by atoms with Crippen LogP contribution in [0.15, 0.2) is 18.3 Å². The number of pyridine rings is 1. The predicted octanol–water partition coefficient (Wildman–Crippen LogP) is 1.52. The Labute approximate surface area is 84.7 Å². The van der Waals surface area contributed by atoms with Gasteiger partial charge in [0.1, 0.15) is 5.82 Å². The fraction of sp³-hybridized carbons (Fsp3) is 0.545. The average Bonchev–Trinajstić information content (AvgIpc) is 2.47. The molecule has 1 aliphatic heterocycles. The van der Waals surface area contributed by atoms with Gasteiger partial charge in [0, 0.05) is 12.7 Å². The highest BCUT2D eigenvalue weighted by Crippen LogP contribution is 2.22. The van der Waals surface area contributed by atoms with Gasteiger partial charge in [0.2, 0.25) is 0 Å². The minimum atomic E-state index is 0.607. The molecule has 0 aromatic carbocycles. The van der Waals surface area contributed by atoms with Crippen LogP contribution in [0.2, 0.25) is 0 Å². The molecule has 0 saturated carbocycles. The third-order valence-corrected chi connectivity index (χ3v) is 2.83. The maximum atomic E-state index is 5.56. The highest BCUT2D eigenvalue weighted by atomic mass is 14.9. The van der Waals surface area contributed by atoms with Crippen molar-refractivity contribution in [3.63, 3.8) is 0 Å². The predicted molar refractivity (Wildman–Crippen MR) is 58.1 cm³/mol. The van der Waals surface area contributed by atoms with E-state index >= 15 is 0 Å². The van der Waals surface area contributed by atoms with Crippen molar-refractivity contribution in [1.29, 1.82) is 0 Å². The van der Waals surface area contributed by atoms with E-state index in [1.54, 1.807) is 0 Å². The van der Waals surface area contributed by atoms with Crippen LogP contribution in [0.25, 0.3) is 0 Å². The summed E-state index contributed by atoms with van der Waals surface area (Å²) in [7, 11) is 0. The third-order valence-electron chi connectivity index (χ3n) is 2.83. The van der Waals surface area contributed by atoms with Gasteiger partial charge < -0.3 is 11.1 Å². The second kappa shape index (κ2) is 4.42. The Balaban J connectivity index is 2.08. The molecule has 1 fully saturated rings. The van der Waals surface area contributed by atoms with Gasteiger partial charge in [-0.15, -0.1) is 0 Å². The van der Waals surface area contributed by atoms with Crippen molar-refractivity contribution in [2.45, 2.75) is 25.2 Å². The second-order valence-corrected chi connectivity index (χ2v) is 3.91. The zero-order valence-corrected chi connectivity index (χ0v) is 8.37. The first kappa shape index (κ1) is 9.46. The topological polar surface area (TPSA) is 50.9 Å². The van der Waals surface area contributed by atoms with Crippen LogP contribution in [0.4, 0.5) is 5.82 Å². The number of anilines is 1. The SMILES string of the molecule is Nc1ccc(C2CCCCNC2)cn1. The van der Waals surface area contributed by atoms with Crippen LogP contribution >= 0.6 is 0 Å². The number of aromatic nitrogens is 1. The minimum Gasteiger partial charge on any atom is -0.384 e. The van der Waals surface area contributed by atoms with Gasteiger partial charge >= 0.3 is 0 Å². The Hall–Kier alpha value is -1.09. The summed E-state index contributed by atoms with van der Waals surface area (Å²) in [6, 6.07) is 3.99. The molecular formula is C11H17N3. The zero-order chi connectivity index (χ0) is 9.80. The van der Waals surface area contributed by atoms with Gasteiger partial charge in [-0.2, -0.15) is 0 Å². The lowest BCUT2D eigenvalue weighted by molar-refractivity contribution is 0.608. The van der Waals surface area contributed by atoms with Gasteiger partial charge in [-0.05, 0) is 36.9 Å². The molecule has 3 nitrogen and oxygen atoms in total. The number of nitrogens with zero attached hydrogens (tertiary/aromatic N) is 1. The molecule has 2 heterocycles. The van der Waals surface area contributed by atoms with Gasteiger partial charge in [-0.1, -0.05) is 12.5 Å². The molecule has 0 radical (unpaired) electrons. The molecular weight excluding hydrogens is 174 g/mol. The second-order valence-electron chi connectivity index (χ2n) is 3.91. The molecule has 0 bridgehead atoms. The Bertz CT molecular complexity index is 273. The van der Waals surface area contributed by atoms with Crippen molar-refractivity contribution in [2.24, 2.45) is 0 Å². The maximum absolute atomic E-state index is 5.56. The molecule has 1 aromatic rings. The standard InChI is InChI=1S/C11H17N3/c12-11-5-4-10(8-14-11)9-3-1-2-6-13-7-9/h4-5,8-9,13H,1-3,6-7H2,(H2,12,14). The summed E-state index contributed by atoms with van der Waals surface area (Å²) >= 11 is 0. The van der Waals surface area contributed by atoms with Crippen molar-refractivity contribution < 1.29 is 0 Å². The van der Waals surface area contributed by atoms with Crippen LogP contribution in [0, 0.1) is 0 Å². The molecule has 3 heteroatoms. The van der Waals surface area contributed by atoms with E-state index in [-0.39, 0.29) is 0 Å². The van der Waals surface area contributed by atoms with Gasteiger partial charge in [0.05, 0.1) is 0 Å². The van der Waals surface area contributed by atoms with E-state index in [1.807, 2.05) is 12.3 Å². The lowest BCUT2D eigenvalue weighted by atomic mass is 9.96. The molecule has 2 rings (SSSR count). The molecule has 1 saturated heterocycles. The molecule has 1 atom stereocenters. The van der Waals surface area contributed by atoms with Crippen molar-refractivity contribution >= 4 is 5.82 Å². The van der Waals surface area contributed by atoms with Crippen molar-refractivity contribution in [2.75, 3.05) is 18.8 Å². The smallest absolute Gasteiger partial charge is 0.123 e. The summed E-state index contributed by atoms with van der Waals surface area (Å²) in [6.45, 7) is 2.23. The van der Waals surface area contributed by atoms with Crippen molar-refractivity contribution in [1.82, 2.24) is 10.3 Å². The zero-order valence-electron chi connectivity index (χ0n) is 8.37. The molecule has 0 aliphatic carbocycles. The Kier molecular flexibility index (Phi) is 2.99. The van der Waals surface area contributed by atoms with E-state index in [2.05, 4.69) is 16.4 Å². The average molecular weight is 191 g/mol. The van der Waals surface area contributed by atoms with E-state index in [1.165, 1.54) is 24.8 Å². The molecule has 3 N–H and O–H groups in total. The first-order valence-electron chi connectivity index (χ1n) is 5.28. The number of nitrogens with one attached hydrogen (secondary N) is 1. The lowest BCUT2D eigenvalue weighted by Gasteiger charge is -2.13. The number of nitrogen functional groups attached to an aromatic ring is 1. The quantitative estimate of drug-likeness (QED) is 0.707. The summed E-state index contributed by atoms with van der Waals surface area (Å²) in [6.07, 6.45) is 5.77. The van der Waals surface area contributed by atoms with Gasteiger partial charge in [-0.3, -0.25) is 0 Å². The Morgan fingerprint density at radius 1 is 1.36 bits per heavy atom. The maximum Gasteiger partial charge on any atom is 0.123 e. The summed E-state index contributed by atoms with van der Waals surface area (Å²) in [5.41, 5.74) is 6.87. The van der Waals surface area contributed by atoms with Crippen LogP contribution in [0.3, 0.4) is 0 Å². The van der Waals surface area contributed by atoms with E-state index < -0.39 is 0 Å². The van der Waals surface area contributed by atoms with Gasteiger partial charge in [0.15, 0.2) is 0 Å². The van der Waals surface area contributed by atoms with Crippen LogP contribution < -0.4 is 11.1 Å². The number of nitrogens with two attached hydrogens (primary N) is 1. The van der Waals surface area contributed by atoms with E-state index in [9.17, 15) is 0 Å². The molecule has 0 amide bonds. The molecule has 1 aromatic heterocycles. The van der Waals surface area contributed by atoms with Crippen LogP contribution in [0.1, 0.15) is 30.7 Å². The van der Waals surface area contributed by atoms with E-state index in [4.69, 9.17) is 5.73 Å². The Morgan fingerprint density at radius 3 is 3.07 bits per heavy atom. The number of hydrogen-bond acceptors (Lipinski definition) is 3. The van der Waals surface area contributed by atoms with Crippen molar-refractivity contribution in [3.8, 4) is 0 Å². The number of hydrogen-bond donors (Lipinski definition) is 2. The van der Waals surface area contributed by atoms with Crippen LogP contribution in [-0.2, 0) is 0 Å². The van der Waals surface area contributed by atoms with Gasteiger partial charge in [-0.25, -0.2) is 4.98 Å². The van der Waals surface area contributed by atoms with E-state index in [0.29, 0.717) is 11.7 Å².